The number of likely N-dealkylation sites (tertiary alicyclic amines) is 1. The molecule has 1 amide bonds. The average Bonchev–Trinajstić information content (AvgIpc) is 2.75. The Bertz CT molecular complexity index is 318. The Morgan fingerprint density at radius 3 is 2.65 bits per heavy atom. The molecule has 0 saturated carbocycles. The highest BCUT2D eigenvalue weighted by Gasteiger charge is 2.35. The van der Waals surface area contributed by atoms with Crippen molar-refractivity contribution in [2.45, 2.75) is 44.8 Å². The Morgan fingerprint density at radius 2 is 2.06 bits per heavy atom. The minimum Gasteiger partial charge on any atom is -0.481 e. The highest BCUT2D eigenvalue weighted by Crippen LogP contribution is 2.24. The standard InChI is InChI=1S/C12H19NO4/c1-8-4-5-10(17-8)11(14)13-6-2-3-9(7-13)12(15)16/h8-10H,2-7H2,1H3,(H,15,16)/t8-,9+,10-/m1/s1. The van der Waals surface area contributed by atoms with E-state index >= 15 is 0 Å². The number of ether oxygens (including phenoxy) is 1. The van der Waals surface area contributed by atoms with Crippen LogP contribution in [-0.4, -0.2) is 47.2 Å². The van der Waals surface area contributed by atoms with Crippen LogP contribution in [0.1, 0.15) is 32.6 Å². The van der Waals surface area contributed by atoms with Gasteiger partial charge in [0.1, 0.15) is 6.10 Å². The molecule has 0 radical (unpaired) electrons. The van der Waals surface area contributed by atoms with Crippen molar-refractivity contribution in [2.75, 3.05) is 13.1 Å². The lowest BCUT2D eigenvalue weighted by atomic mass is 9.97. The number of carboxylic acids is 1. The van der Waals surface area contributed by atoms with Gasteiger partial charge in [0.25, 0.3) is 5.91 Å². The predicted octanol–water partition coefficient (Wildman–Crippen LogP) is 0.877. The highest BCUT2D eigenvalue weighted by atomic mass is 16.5. The van der Waals surface area contributed by atoms with Gasteiger partial charge in [-0.25, -0.2) is 0 Å². The van der Waals surface area contributed by atoms with Crippen molar-refractivity contribution in [3.63, 3.8) is 0 Å². The van der Waals surface area contributed by atoms with Gasteiger partial charge in [-0.1, -0.05) is 0 Å². The molecule has 5 heteroatoms. The van der Waals surface area contributed by atoms with Gasteiger partial charge < -0.3 is 14.7 Å². The summed E-state index contributed by atoms with van der Waals surface area (Å²) in [4.78, 5) is 24.7. The first-order chi connectivity index (χ1) is 8.08. The van der Waals surface area contributed by atoms with E-state index in [9.17, 15) is 9.59 Å². The number of nitrogens with zero attached hydrogens (tertiary/aromatic N) is 1. The molecule has 0 aromatic rings. The molecule has 0 spiro atoms. The normalized spacial score (nSPS) is 33.7. The lowest BCUT2D eigenvalue weighted by Gasteiger charge is -2.32. The number of rotatable bonds is 2. The van der Waals surface area contributed by atoms with Gasteiger partial charge in [0, 0.05) is 13.1 Å². The van der Waals surface area contributed by atoms with E-state index in [4.69, 9.17) is 9.84 Å². The summed E-state index contributed by atoms with van der Waals surface area (Å²) in [6.45, 7) is 2.96. The van der Waals surface area contributed by atoms with E-state index in [-0.39, 0.29) is 18.1 Å². The van der Waals surface area contributed by atoms with Crippen LogP contribution in [0.3, 0.4) is 0 Å². The molecule has 0 aromatic carbocycles. The molecule has 2 aliphatic rings. The molecule has 0 aliphatic carbocycles. The largest absolute Gasteiger partial charge is 0.481 e. The Kier molecular flexibility index (Phi) is 3.66. The fraction of sp³-hybridized carbons (Fsp3) is 0.833. The van der Waals surface area contributed by atoms with Gasteiger partial charge in [-0.15, -0.1) is 0 Å². The van der Waals surface area contributed by atoms with E-state index in [1.807, 2.05) is 6.92 Å². The maximum absolute atomic E-state index is 12.1. The number of carboxylic acid groups (broad SMARTS) is 1. The number of carbonyl (C=O) groups is 2. The first-order valence-electron chi connectivity index (χ1n) is 6.25. The zero-order valence-electron chi connectivity index (χ0n) is 10.1. The van der Waals surface area contributed by atoms with Crippen molar-refractivity contribution in [3.8, 4) is 0 Å². The lowest BCUT2D eigenvalue weighted by molar-refractivity contribution is -0.149. The summed E-state index contributed by atoms with van der Waals surface area (Å²) in [6, 6.07) is 0. The van der Waals surface area contributed by atoms with Crippen molar-refractivity contribution < 1.29 is 19.4 Å². The van der Waals surface area contributed by atoms with Gasteiger partial charge in [0.2, 0.25) is 0 Å². The van der Waals surface area contributed by atoms with Gasteiger partial charge in [-0.2, -0.15) is 0 Å². The van der Waals surface area contributed by atoms with E-state index in [0.29, 0.717) is 19.5 Å². The molecule has 96 valence electrons. The second-order valence-electron chi connectivity index (χ2n) is 4.97. The van der Waals surface area contributed by atoms with Crippen LogP contribution in [-0.2, 0) is 14.3 Å². The molecular weight excluding hydrogens is 222 g/mol. The Labute approximate surface area is 101 Å². The summed E-state index contributed by atoms with van der Waals surface area (Å²) in [7, 11) is 0. The van der Waals surface area contributed by atoms with Crippen LogP contribution >= 0.6 is 0 Å². The van der Waals surface area contributed by atoms with Crippen molar-refractivity contribution in [3.05, 3.63) is 0 Å². The number of piperidine rings is 1. The van der Waals surface area contributed by atoms with Crippen molar-refractivity contribution in [2.24, 2.45) is 5.92 Å². The first kappa shape index (κ1) is 12.4. The number of carbonyl (C=O) groups excluding carboxylic acids is 1. The van der Waals surface area contributed by atoms with Crippen LogP contribution in [0.25, 0.3) is 0 Å². The predicted molar refractivity (Wildman–Crippen MR) is 60.5 cm³/mol. The van der Waals surface area contributed by atoms with E-state index in [0.717, 1.165) is 19.3 Å². The molecule has 17 heavy (non-hydrogen) atoms. The van der Waals surface area contributed by atoms with E-state index in [1.165, 1.54) is 0 Å². The van der Waals surface area contributed by atoms with Crippen LogP contribution in [0, 0.1) is 5.92 Å². The molecule has 5 nitrogen and oxygen atoms in total. The molecule has 2 aliphatic heterocycles. The molecule has 3 atom stereocenters. The van der Waals surface area contributed by atoms with Crippen molar-refractivity contribution in [1.29, 1.82) is 0 Å². The second-order valence-corrected chi connectivity index (χ2v) is 4.97. The zero-order chi connectivity index (χ0) is 12.4. The quantitative estimate of drug-likeness (QED) is 0.779. The van der Waals surface area contributed by atoms with Gasteiger partial charge in [0.15, 0.2) is 0 Å². The van der Waals surface area contributed by atoms with Gasteiger partial charge in [0.05, 0.1) is 12.0 Å². The summed E-state index contributed by atoms with van der Waals surface area (Å²) in [5, 5.41) is 8.98. The van der Waals surface area contributed by atoms with E-state index in [1.54, 1.807) is 4.90 Å². The van der Waals surface area contributed by atoms with Crippen LogP contribution < -0.4 is 0 Å². The summed E-state index contributed by atoms with van der Waals surface area (Å²) < 4.78 is 5.53. The molecule has 1 N–H and O–H groups in total. The Hall–Kier alpha value is -1.10. The smallest absolute Gasteiger partial charge is 0.308 e. The maximum atomic E-state index is 12.1. The molecule has 2 rings (SSSR count). The van der Waals surface area contributed by atoms with Crippen LogP contribution in [0.5, 0.6) is 0 Å². The minimum atomic E-state index is -0.803. The number of hydrogen-bond acceptors (Lipinski definition) is 3. The first-order valence-corrected chi connectivity index (χ1v) is 6.25. The van der Waals surface area contributed by atoms with E-state index in [2.05, 4.69) is 0 Å². The minimum absolute atomic E-state index is 0.0275. The highest BCUT2D eigenvalue weighted by molar-refractivity contribution is 5.82. The third-order valence-electron chi connectivity index (χ3n) is 3.59. The van der Waals surface area contributed by atoms with Gasteiger partial charge in [-0.3, -0.25) is 9.59 Å². The Balaban J connectivity index is 1.93. The lowest BCUT2D eigenvalue weighted by Crippen LogP contribution is -2.46. The number of aliphatic carboxylic acids is 1. The van der Waals surface area contributed by atoms with Gasteiger partial charge in [-0.05, 0) is 32.6 Å². The molecule has 0 bridgehead atoms. The fourth-order valence-electron chi connectivity index (χ4n) is 2.57. The number of amides is 1. The van der Waals surface area contributed by atoms with E-state index < -0.39 is 11.9 Å². The van der Waals surface area contributed by atoms with Crippen LogP contribution in [0.4, 0.5) is 0 Å². The molecule has 2 fully saturated rings. The molecule has 0 unspecified atom stereocenters. The van der Waals surface area contributed by atoms with Crippen molar-refractivity contribution in [1.82, 2.24) is 4.90 Å². The number of hydrogen-bond donors (Lipinski definition) is 1. The summed E-state index contributed by atoms with van der Waals surface area (Å²) in [5.41, 5.74) is 0. The average molecular weight is 241 g/mol. The van der Waals surface area contributed by atoms with Crippen molar-refractivity contribution >= 4 is 11.9 Å². The third kappa shape index (κ3) is 2.77. The maximum Gasteiger partial charge on any atom is 0.308 e. The summed E-state index contributed by atoms with van der Waals surface area (Å²) in [6.07, 6.45) is 2.90. The molecule has 0 aromatic heterocycles. The van der Waals surface area contributed by atoms with Crippen LogP contribution in [0.15, 0.2) is 0 Å². The van der Waals surface area contributed by atoms with Crippen LogP contribution in [0.2, 0.25) is 0 Å². The Morgan fingerprint density at radius 1 is 1.29 bits per heavy atom. The monoisotopic (exact) mass is 241 g/mol. The third-order valence-corrected chi connectivity index (χ3v) is 3.59. The molecule has 2 saturated heterocycles. The summed E-state index contributed by atoms with van der Waals surface area (Å²) in [5.74, 6) is -1.24. The molecule has 2 heterocycles. The van der Waals surface area contributed by atoms with Gasteiger partial charge >= 0.3 is 5.97 Å². The SMILES string of the molecule is C[C@@H]1CC[C@H](C(=O)N2CCC[C@H](C(=O)O)C2)O1. The topological polar surface area (TPSA) is 66.8 Å². The molecular formula is C12H19NO4. The summed E-state index contributed by atoms with van der Waals surface area (Å²) >= 11 is 0. The zero-order valence-corrected chi connectivity index (χ0v) is 10.1. The second kappa shape index (κ2) is 5.04. The fourth-order valence-corrected chi connectivity index (χ4v) is 2.57.